The first-order chi connectivity index (χ1) is 12.9. The molecule has 0 spiro atoms. The molecule has 0 aromatic heterocycles. The molecule has 2 aromatic carbocycles. The standard InChI is InChI=1S/C20H22N2O5/c1-20(2,18(23)21-13-5-4-6-15(11-13)25-3)19(24)22-14-7-8-16-17(12-14)27-10-9-26-16/h4-8,11-12H,9-10H2,1-3H3,(H,21,23)(H,22,24). The Morgan fingerprint density at radius 3 is 2.22 bits per heavy atom. The molecule has 7 heteroatoms. The highest BCUT2D eigenvalue weighted by molar-refractivity contribution is 6.14. The zero-order chi connectivity index (χ0) is 19.4. The molecule has 0 saturated carbocycles. The van der Waals surface area contributed by atoms with E-state index in [-0.39, 0.29) is 0 Å². The third-order valence-corrected chi connectivity index (χ3v) is 4.26. The van der Waals surface area contributed by atoms with Crippen molar-refractivity contribution >= 4 is 23.2 Å². The molecular formula is C20H22N2O5. The number of carbonyl (C=O) groups excluding carboxylic acids is 2. The molecule has 0 bridgehead atoms. The second-order valence-electron chi connectivity index (χ2n) is 6.62. The lowest BCUT2D eigenvalue weighted by Crippen LogP contribution is -2.41. The van der Waals surface area contributed by atoms with E-state index in [1.165, 1.54) is 0 Å². The van der Waals surface area contributed by atoms with Crippen molar-refractivity contribution in [1.29, 1.82) is 0 Å². The van der Waals surface area contributed by atoms with E-state index in [1.807, 2.05) is 0 Å². The number of hydrogen-bond donors (Lipinski definition) is 2. The van der Waals surface area contributed by atoms with Gasteiger partial charge in [0, 0.05) is 23.5 Å². The van der Waals surface area contributed by atoms with Gasteiger partial charge in [-0.05, 0) is 38.1 Å². The minimum absolute atomic E-state index is 0.425. The first-order valence-electron chi connectivity index (χ1n) is 8.57. The van der Waals surface area contributed by atoms with Crippen molar-refractivity contribution in [2.45, 2.75) is 13.8 Å². The second kappa shape index (κ2) is 7.57. The number of nitrogens with one attached hydrogen (secondary N) is 2. The topological polar surface area (TPSA) is 85.9 Å². The van der Waals surface area contributed by atoms with E-state index in [2.05, 4.69) is 10.6 Å². The van der Waals surface area contributed by atoms with Crippen molar-refractivity contribution in [3.8, 4) is 17.2 Å². The maximum absolute atomic E-state index is 12.7. The maximum atomic E-state index is 12.7. The van der Waals surface area contributed by atoms with E-state index in [9.17, 15) is 9.59 Å². The van der Waals surface area contributed by atoms with Gasteiger partial charge in [-0.3, -0.25) is 9.59 Å². The fraction of sp³-hybridized carbons (Fsp3) is 0.300. The monoisotopic (exact) mass is 370 g/mol. The highest BCUT2D eigenvalue weighted by Crippen LogP contribution is 2.33. The van der Waals surface area contributed by atoms with Gasteiger partial charge in [-0.2, -0.15) is 0 Å². The van der Waals surface area contributed by atoms with Crippen molar-refractivity contribution in [2.24, 2.45) is 5.41 Å². The molecular weight excluding hydrogens is 348 g/mol. The lowest BCUT2D eigenvalue weighted by atomic mass is 9.90. The summed E-state index contributed by atoms with van der Waals surface area (Å²) in [6, 6.07) is 12.1. The van der Waals surface area contributed by atoms with Crippen LogP contribution in [0.5, 0.6) is 17.2 Å². The van der Waals surface area contributed by atoms with Crippen LogP contribution in [0.15, 0.2) is 42.5 Å². The minimum Gasteiger partial charge on any atom is -0.497 e. The summed E-state index contributed by atoms with van der Waals surface area (Å²) < 4.78 is 16.1. The van der Waals surface area contributed by atoms with Crippen molar-refractivity contribution in [1.82, 2.24) is 0 Å². The third kappa shape index (κ3) is 4.13. The number of anilines is 2. The summed E-state index contributed by atoms with van der Waals surface area (Å²) in [5, 5.41) is 5.51. The van der Waals surface area contributed by atoms with E-state index in [0.29, 0.717) is 41.8 Å². The third-order valence-electron chi connectivity index (χ3n) is 4.26. The van der Waals surface area contributed by atoms with Gasteiger partial charge in [0.25, 0.3) is 0 Å². The molecule has 2 N–H and O–H groups in total. The Morgan fingerprint density at radius 1 is 0.926 bits per heavy atom. The molecule has 0 atom stereocenters. The summed E-state index contributed by atoms with van der Waals surface area (Å²) in [5.41, 5.74) is -0.206. The van der Waals surface area contributed by atoms with Gasteiger partial charge in [-0.15, -0.1) is 0 Å². The summed E-state index contributed by atoms with van der Waals surface area (Å²) in [6.07, 6.45) is 0. The highest BCUT2D eigenvalue weighted by atomic mass is 16.6. The summed E-state index contributed by atoms with van der Waals surface area (Å²) in [7, 11) is 1.55. The fourth-order valence-corrected chi connectivity index (χ4v) is 2.50. The smallest absolute Gasteiger partial charge is 0.239 e. The van der Waals surface area contributed by atoms with Gasteiger partial charge in [0.05, 0.1) is 7.11 Å². The lowest BCUT2D eigenvalue weighted by molar-refractivity contribution is -0.135. The number of benzene rings is 2. The highest BCUT2D eigenvalue weighted by Gasteiger charge is 2.36. The quantitative estimate of drug-likeness (QED) is 0.790. The lowest BCUT2D eigenvalue weighted by Gasteiger charge is -2.24. The molecule has 1 aliphatic heterocycles. The van der Waals surface area contributed by atoms with Crippen molar-refractivity contribution in [3.63, 3.8) is 0 Å². The van der Waals surface area contributed by atoms with Crippen LogP contribution in [0.4, 0.5) is 11.4 Å². The SMILES string of the molecule is COc1cccc(NC(=O)C(C)(C)C(=O)Nc2ccc3c(c2)OCCO3)c1. The molecule has 0 unspecified atom stereocenters. The zero-order valence-corrected chi connectivity index (χ0v) is 15.5. The van der Waals surface area contributed by atoms with Crippen LogP contribution < -0.4 is 24.8 Å². The Bertz CT molecular complexity index is 863. The summed E-state index contributed by atoms with van der Waals surface area (Å²) >= 11 is 0. The Kier molecular flexibility index (Phi) is 5.21. The molecule has 142 valence electrons. The summed E-state index contributed by atoms with van der Waals surface area (Å²) in [5.74, 6) is 0.962. The summed E-state index contributed by atoms with van der Waals surface area (Å²) in [6.45, 7) is 4.08. The van der Waals surface area contributed by atoms with Crippen LogP contribution in [0, 0.1) is 5.41 Å². The largest absolute Gasteiger partial charge is 0.497 e. The molecule has 3 rings (SSSR count). The number of carbonyl (C=O) groups is 2. The second-order valence-corrected chi connectivity index (χ2v) is 6.62. The van der Waals surface area contributed by atoms with E-state index in [4.69, 9.17) is 14.2 Å². The van der Waals surface area contributed by atoms with Gasteiger partial charge >= 0.3 is 0 Å². The Labute approximate surface area is 157 Å². The predicted molar refractivity (Wildman–Crippen MR) is 101 cm³/mol. The molecule has 27 heavy (non-hydrogen) atoms. The van der Waals surface area contributed by atoms with E-state index >= 15 is 0 Å². The number of hydrogen-bond acceptors (Lipinski definition) is 5. The van der Waals surface area contributed by atoms with Gasteiger partial charge < -0.3 is 24.8 Å². The van der Waals surface area contributed by atoms with Crippen LogP contribution >= 0.6 is 0 Å². The van der Waals surface area contributed by atoms with Gasteiger partial charge in [0.2, 0.25) is 11.8 Å². The number of rotatable bonds is 5. The maximum Gasteiger partial charge on any atom is 0.239 e. The molecule has 0 saturated heterocycles. The molecule has 0 aliphatic carbocycles. The van der Waals surface area contributed by atoms with Gasteiger partial charge in [-0.25, -0.2) is 0 Å². The average molecular weight is 370 g/mol. The van der Waals surface area contributed by atoms with E-state index in [1.54, 1.807) is 63.4 Å². The van der Waals surface area contributed by atoms with Crippen molar-refractivity contribution < 1.29 is 23.8 Å². The molecule has 7 nitrogen and oxygen atoms in total. The van der Waals surface area contributed by atoms with Gasteiger partial charge in [0.1, 0.15) is 24.4 Å². The van der Waals surface area contributed by atoms with Crippen LogP contribution in [0.2, 0.25) is 0 Å². The summed E-state index contributed by atoms with van der Waals surface area (Å²) in [4.78, 5) is 25.3. The van der Waals surface area contributed by atoms with Crippen LogP contribution in [0.1, 0.15) is 13.8 Å². The predicted octanol–water partition coefficient (Wildman–Crippen LogP) is 3.07. The normalized spacial score (nSPS) is 12.9. The van der Waals surface area contributed by atoms with Gasteiger partial charge in [-0.1, -0.05) is 6.07 Å². The number of fused-ring (bicyclic) bond motifs is 1. The molecule has 2 aromatic rings. The first kappa shape index (κ1) is 18.6. The van der Waals surface area contributed by atoms with E-state index in [0.717, 1.165) is 0 Å². The number of methoxy groups -OCH3 is 1. The van der Waals surface area contributed by atoms with Gasteiger partial charge in [0.15, 0.2) is 11.5 Å². The molecule has 2 amide bonds. The Morgan fingerprint density at radius 2 is 1.56 bits per heavy atom. The van der Waals surface area contributed by atoms with Crippen molar-refractivity contribution in [2.75, 3.05) is 31.0 Å². The average Bonchev–Trinajstić information content (AvgIpc) is 2.68. The van der Waals surface area contributed by atoms with Crippen LogP contribution in [-0.4, -0.2) is 32.1 Å². The molecule has 0 fully saturated rings. The van der Waals surface area contributed by atoms with Crippen LogP contribution in [0.3, 0.4) is 0 Å². The van der Waals surface area contributed by atoms with E-state index < -0.39 is 17.2 Å². The number of amides is 2. The first-order valence-corrected chi connectivity index (χ1v) is 8.57. The molecule has 1 aliphatic rings. The minimum atomic E-state index is -1.30. The van der Waals surface area contributed by atoms with Crippen LogP contribution in [-0.2, 0) is 9.59 Å². The van der Waals surface area contributed by atoms with Crippen molar-refractivity contribution in [3.05, 3.63) is 42.5 Å². The Balaban J connectivity index is 1.69. The molecule has 1 heterocycles. The number of ether oxygens (including phenoxy) is 3. The molecule has 0 radical (unpaired) electrons. The van der Waals surface area contributed by atoms with Crippen LogP contribution in [0.25, 0.3) is 0 Å². The zero-order valence-electron chi connectivity index (χ0n) is 15.5. The Hall–Kier alpha value is -3.22. The fourth-order valence-electron chi connectivity index (χ4n) is 2.50.